The van der Waals surface area contributed by atoms with Crippen LogP contribution in [0.2, 0.25) is 0 Å². The van der Waals surface area contributed by atoms with Crippen LogP contribution in [0.3, 0.4) is 0 Å². The van der Waals surface area contributed by atoms with Crippen molar-refractivity contribution >= 4 is 5.91 Å². The van der Waals surface area contributed by atoms with Crippen LogP contribution in [0.4, 0.5) is 13.2 Å². The number of hydrogen-bond donors (Lipinski definition) is 0. The molecule has 1 aliphatic carbocycles. The van der Waals surface area contributed by atoms with E-state index >= 15 is 0 Å². The van der Waals surface area contributed by atoms with Crippen molar-refractivity contribution in [3.8, 4) is 0 Å². The lowest BCUT2D eigenvalue weighted by molar-refractivity contribution is -0.178. The Hall–Kier alpha value is -0.780. The molecule has 0 N–H and O–H groups in total. The molecule has 0 aliphatic heterocycles. The second-order valence-electron chi connectivity index (χ2n) is 5.03. The maximum absolute atomic E-state index is 11.9. The van der Waals surface area contributed by atoms with E-state index in [-0.39, 0.29) is 11.9 Å². The maximum Gasteiger partial charge on any atom is 0.411 e. The van der Waals surface area contributed by atoms with Crippen molar-refractivity contribution in [2.45, 2.75) is 44.8 Å². The number of rotatable bonds is 4. The topological polar surface area (TPSA) is 29.5 Å². The van der Waals surface area contributed by atoms with E-state index in [9.17, 15) is 18.0 Å². The van der Waals surface area contributed by atoms with E-state index in [0.29, 0.717) is 5.92 Å². The lowest BCUT2D eigenvalue weighted by Crippen LogP contribution is -2.41. The predicted molar refractivity (Wildman–Crippen MR) is 61.1 cm³/mol. The highest BCUT2D eigenvalue weighted by atomic mass is 19.4. The van der Waals surface area contributed by atoms with Gasteiger partial charge in [-0.2, -0.15) is 13.2 Å². The highest BCUT2D eigenvalue weighted by Gasteiger charge is 2.29. The van der Waals surface area contributed by atoms with Crippen LogP contribution < -0.4 is 0 Å². The lowest BCUT2D eigenvalue weighted by atomic mass is 9.87. The highest BCUT2D eigenvalue weighted by molar-refractivity contribution is 5.77. The Morgan fingerprint density at radius 3 is 2.33 bits per heavy atom. The first-order valence-electron chi connectivity index (χ1n) is 6.19. The Morgan fingerprint density at radius 1 is 1.28 bits per heavy atom. The van der Waals surface area contributed by atoms with Crippen LogP contribution in [0.5, 0.6) is 0 Å². The predicted octanol–water partition coefficient (Wildman–Crippen LogP) is 2.60. The fourth-order valence-corrected chi connectivity index (χ4v) is 2.19. The minimum Gasteiger partial charge on any atom is -0.362 e. The number of amides is 1. The molecule has 6 heteroatoms. The highest BCUT2D eigenvalue weighted by Crippen LogP contribution is 2.26. The van der Waals surface area contributed by atoms with Gasteiger partial charge >= 0.3 is 6.18 Å². The van der Waals surface area contributed by atoms with Gasteiger partial charge in [-0.3, -0.25) is 4.79 Å². The molecular weight excluding hydrogens is 247 g/mol. The van der Waals surface area contributed by atoms with Gasteiger partial charge in [0.05, 0.1) is 0 Å². The summed E-state index contributed by atoms with van der Waals surface area (Å²) in [6.07, 6.45) is -0.415. The van der Waals surface area contributed by atoms with Gasteiger partial charge in [-0.25, -0.2) is 0 Å². The minimum absolute atomic E-state index is 0.142. The Labute approximate surface area is 105 Å². The summed E-state index contributed by atoms with van der Waals surface area (Å²) in [6.45, 7) is 0.306. The van der Waals surface area contributed by atoms with Crippen LogP contribution >= 0.6 is 0 Å². The van der Waals surface area contributed by atoms with E-state index in [1.54, 1.807) is 7.05 Å². The van der Waals surface area contributed by atoms with Gasteiger partial charge in [-0.15, -0.1) is 0 Å². The summed E-state index contributed by atoms with van der Waals surface area (Å²) in [7, 11) is 1.64. The average Bonchev–Trinajstić information content (AvgIpc) is 2.27. The van der Waals surface area contributed by atoms with Gasteiger partial charge < -0.3 is 9.64 Å². The summed E-state index contributed by atoms with van der Waals surface area (Å²) in [5.41, 5.74) is 0. The number of halogens is 3. The van der Waals surface area contributed by atoms with Crippen molar-refractivity contribution < 1.29 is 22.7 Å². The Bertz CT molecular complexity index is 273. The number of carbonyl (C=O) groups is 1. The summed E-state index contributed by atoms with van der Waals surface area (Å²) in [5.74, 6) is 0.296. The number of alkyl halides is 3. The van der Waals surface area contributed by atoms with Crippen LogP contribution in [0.1, 0.15) is 32.6 Å². The van der Waals surface area contributed by atoms with Gasteiger partial charge in [0.1, 0.15) is 13.2 Å². The Morgan fingerprint density at radius 2 is 1.83 bits per heavy atom. The standard InChI is InChI=1S/C12H20F3NO2/c1-9-3-5-10(6-4-9)16(2)11(17)7-18-8-12(13,14)15/h9-10H,3-8H2,1-2H3. The first-order chi connectivity index (χ1) is 8.29. The third kappa shape index (κ3) is 5.25. The first kappa shape index (κ1) is 15.3. The monoisotopic (exact) mass is 267 g/mol. The molecule has 0 aromatic heterocycles. The number of carbonyl (C=O) groups excluding carboxylic acids is 1. The van der Waals surface area contributed by atoms with Gasteiger partial charge in [0.15, 0.2) is 0 Å². The summed E-state index contributed by atoms with van der Waals surface area (Å²) in [4.78, 5) is 13.2. The molecule has 0 spiro atoms. The van der Waals surface area contributed by atoms with Crippen LogP contribution in [0.25, 0.3) is 0 Å². The molecular formula is C12H20F3NO2. The smallest absolute Gasteiger partial charge is 0.362 e. The van der Waals surface area contributed by atoms with Crippen LogP contribution in [0, 0.1) is 5.92 Å². The molecule has 18 heavy (non-hydrogen) atoms. The molecule has 0 saturated heterocycles. The average molecular weight is 267 g/mol. The zero-order valence-corrected chi connectivity index (χ0v) is 10.8. The van der Waals surface area contributed by atoms with Crippen molar-refractivity contribution in [2.75, 3.05) is 20.3 Å². The van der Waals surface area contributed by atoms with E-state index in [0.717, 1.165) is 25.7 Å². The van der Waals surface area contributed by atoms with E-state index in [4.69, 9.17) is 0 Å². The normalized spacial score (nSPS) is 24.9. The quantitative estimate of drug-likeness (QED) is 0.783. The molecule has 0 heterocycles. The molecule has 0 radical (unpaired) electrons. The van der Waals surface area contributed by atoms with Crippen LogP contribution in [-0.2, 0) is 9.53 Å². The number of ether oxygens (including phenoxy) is 1. The molecule has 0 aromatic carbocycles. The van der Waals surface area contributed by atoms with Gasteiger partial charge in [-0.05, 0) is 31.6 Å². The lowest BCUT2D eigenvalue weighted by Gasteiger charge is -2.33. The summed E-state index contributed by atoms with van der Waals surface area (Å²) < 4.78 is 39.9. The largest absolute Gasteiger partial charge is 0.411 e. The molecule has 1 fully saturated rings. The molecule has 0 aromatic rings. The van der Waals surface area contributed by atoms with Gasteiger partial charge in [-0.1, -0.05) is 6.92 Å². The molecule has 1 amide bonds. The third-order valence-electron chi connectivity index (χ3n) is 3.42. The number of nitrogens with zero attached hydrogens (tertiary/aromatic N) is 1. The van der Waals surface area contributed by atoms with Crippen molar-refractivity contribution in [3.05, 3.63) is 0 Å². The molecule has 0 unspecified atom stereocenters. The Kier molecular flexibility index (Phi) is 5.44. The van der Waals surface area contributed by atoms with Crippen molar-refractivity contribution in [3.63, 3.8) is 0 Å². The summed E-state index contributed by atoms with van der Waals surface area (Å²) in [6, 6.07) is 0.142. The second-order valence-corrected chi connectivity index (χ2v) is 5.03. The van der Waals surface area contributed by atoms with Crippen molar-refractivity contribution in [1.29, 1.82) is 0 Å². The van der Waals surface area contributed by atoms with Gasteiger partial charge in [0.25, 0.3) is 0 Å². The summed E-state index contributed by atoms with van der Waals surface area (Å²) in [5, 5.41) is 0. The van der Waals surface area contributed by atoms with Gasteiger partial charge in [0.2, 0.25) is 5.91 Å². The maximum atomic E-state index is 11.9. The van der Waals surface area contributed by atoms with Crippen molar-refractivity contribution in [1.82, 2.24) is 4.90 Å². The van der Waals surface area contributed by atoms with Crippen molar-refractivity contribution in [2.24, 2.45) is 5.92 Å². The van der Waals surface area contributed by atoms with Gasteiger partial charge in [0, 0.05) is 13.1 Å². The molecule has 1 rings (SSSR count). The van der Waals surface area contributed by atoms with E-state index in [1.165, 1.54) is 4.90 Å². The molecule has 3 nitrogen and oxygen atoms in total. The molecule has 1 aliphatic rings. The number of likely N-dealkylation sites (N-methyl/N-ethyl adjacent to an activating group) is 1. The SMILES string of the molecule is CC1CCC(N(C)C(=O)COCC(F)(F)F)CC1. The first-order valence-corrected chi connectivity index (χ1v) is 6.19. The number of hydrogen-bond acceptors (Lipinski definition) is 2. The summed E-state index contributed by atoms with van der Waals surface area (Å²) >= 11 is 0. The Balaban J connectivity index is 2.28. The van der Waals surface area contributed by atoms with E-state index < -0.39 is 19.4 Å². The fraction of sp³-hybridized carbons (Fsp3) is 0.917. The van der Waals surface area contributed by atoms with Crippen LogP contribution in [0.15, 0.2) is 0 Å². The molecule has 0 bridgehead atoms. The van der Waals surface area contributed by atoms with Crippen LogP contribution in [-0.4, -0.2) is 43.3 Å². The van der Waals surface area contributed by atoms with E-state index in [1.807, 2.05) is 0 Å². The minimum atomic E-state index is -4.38. The third-order valence-corrected chi connectivity index (χ3v) is 3.42. The fourth-order valence-electron chi connectivity index (χ4n) is 2.19. The van der Waals surface area contributed by atoms with E-state index in [2.05, 4.69) is 11.7 Å². The molecule has 1 saturated carbocycles. The molecule has 106 valence electrons. The zero-order chi connectivity index (χ0) is 13.8. The zero-order valence-electron chi connectivity index (χ0n) is 10.8. The second kappa shape index (κ2) is 6.41. The molecule has 0 atom stereocenters.